The molecule has 6 nitrogen and oxygen atoms in total. The normalized spacial score (nSPS) is 9.83. The molecule has 0 radical (unpaired) electrons. The van der Waals surface area contributed by atoms with E-state index in [9.17, 15) is 9.59 Å². The van der Waals surface area contributed by atoms with Crippen LogP contribution in [0, 0.1) is 6.92 Å². The molecule has 0 unspecified atom stereocenters. The summed E-state index contributed by atoms with van der Waals surface area (Å²) in [6, 6.07) is 14.0. The average Bonchev–Trinajstić information content (AvgIpc) is 2.49. The van der Waals surface area contributed by atoms with Crippen LogP contribution in [0.3, 0.4) is 0 Å². The molecule has 120 valence electrons. The van der Waals surface area contributed by atoms with Crippen LogP contribution in [-0.2, 0) is 4.74 Å². The predicted molar refractivity (Wildman–Crippen MR) is 87.9 cm³/mol. The molecule has 0 heterocycles. The minimum Gasteiger partial charge on any atom is -0.450 e. The van der Waals surface area contributed by atoms with Gasteiger partial charge in [0.25, 0.3) is 0 Å². The molecule has 2 rings (SSSR count). The molecule has 2 amide bonds. The number of carbonyl (C=O) groups excluding carboxylic acids is 2. The number of hydrogen-bond donors (Lipinski definition) is 2. The van der Waals surface area contributed by atoms with Gasteiger partial charge in [-0.1, -0.05) is 24.3 Å². The van der Waals surface area contributed by atoms with Gasteiger partial charge in [-0.2, -0.15) is 0 Å². The predicted octanol–water partition coefficient (Wildman–Crippen LogP) is 4.17. The van der Waals surface area contributed by atoms with Crippen LogP contribution in [0.15, 0.2) is 48.5 Å². The summed E-state index contributed by atoms with van der Waals surface area (Å²) in [5.74, 6) is 0.228. The molecule has 2 aromatic carbocycles. The van der Waals surface area contributed by atoms with Crippen LogP contribution < -0.4 is 15.4 Å². The fraction of sp³-hybridized carbons (Fsp3) is 0.176. The number of amides is 2. The minimum atomic E-state index is -0.645. The molecule has 0 aliphatic carbocycles. The zero-order chi connectivity index (χ0) is 16.7. The molecule has 0 atom stereocenters. The summed E-state index contributed by atoms with van der Waals surface area (Å²) in [5, 5.41) is 5.16. The van der Waals surface area contributed by atoms with Crippen molar-refractivity contribution in [3.8, 4) is 5.75 Å². The van der Waals surface area contributed by atoms with Gasteiger partial charge in [-0.15, -0.1) is 0 Å². The maximum atomic E-state index is 12.0. The molecule has 23 heavy (non-hydrogen) atoms. The van der Waals surface area contributed by atoms with Crippen molar-refractivity contribution in [2.24, 2.45) is 0 Å². The standard InChI is InChI=1S/C17H18N2O4/c1-3-22-16(20)19-14-9-4-5-10-15(14)23-17(21)18-13-8-6-7-12(2)11-13/h4-11H,3H2,1-2H3,(H,18,21)(H,19,20). The summed E-state index contributed by atoms with van der Waals surface area (Å²) in [4.78, 5) is 23.5. The maximum absolute atomic E-state index is 12.0. The van der Waals surface area contributed by atoms with Gasteiger partial charge < -0.3 is 9.47 Å². The van der Waals surface area contributed by atoms with Crippen molar-refractivity contribution in [2.75, 3.05) is 17.2 Å². The van der Waals surface area contributed by atoms with Crippen LogP contribution >= 0.6 is 0 Å². The Morgan fingerprint density at radius 2 is 1.78 bits per heavy atom. The summed E-state index contributed by atoms with van der Waals surface area (Å²) < 4.78 is 10.1. The Kier molecular flexibility index (Phi) is 5.57. The van der Waals surface area contributed by atoms with E-state index >= 15 is 0 Å². The fourth-order valence-corrected chi connectivity index (χ4v) is 1.90. The van der Waals surface area contributed by atoms with E-state index in [0.29, 0.717) is 11.4 Å². The molecule has 0 spiro atoms. The quantitative estimate of drug-likeness (QED) is 0.887. The fourth-order valence-electron chi connectivity index (χ4n) is 1.90. The zero-order valence-corrected chi connectivity index (χ0v) is 13.0. The Morgan fingerprint density at radius 3 is 2.52 bits per heavy atom. The van der Waals surface area contributed by atoms with Gasteiger partial charge in [-0.05, 0) is 43.7 Å². The summed E-state index contributed by atoms with van der Waals surface area (Å²) in [5.41, 5.74) is 2.00. The van der Waals surface area contributed by atoms with Crippen molar-refractivity contribution in [2.45, 2.75) is 13.8 Å². The smallest absolute Gasteiger partial charge is 0.417 e. The highest BCUT2D eigenvalue weighted by Gasteiger charge is 2.11. The van der Waals surface area contributed by atoms with E-state index < -0.39 is 12.2 Å². The first kappa shape index (κ1) is 16.4. The van der Waals surface area contributed by atoms with Crippen molar-refractivity contribution in [1.29, 1.82) is 0 Å². The number of ether oxygens (including phenoxy) is 2. The van der Waals surface area contributed by atoms with Crippen LogP contribution in [0.25, 0.3) is 0 Å². The van der Waals surface area contributed by atoms with E-state index in [1.165, 1.54) is 0 Å². The van der Waals surface area contributed by atoms with Gasteiger partial charge in [0.05, 0.1) is 12.3 Å². The van der Waals surface area contributed by atoms with Crippen LogP contribution in [0.4, 0.5) is 21.0 Å². The number of nitrogens with one attached hydrogen (secondary N) is 2. The van der Waals surface area contributed by atoms with Gasteiger partial charge in [-0.3, -0.25) is 10.6 Å². The molecule has 0 fully saturated rings. The summed E-state index contributed by atoms with van der Waals surface area (Å²) in [6.45, 7) is 3.88. The number of hydrogen-bond acceptors (Lipinski definition) is 4. The van der Waals surface area contributed by atoms with Crippen molar-refractivity contribution >= 4 is 23.6 Å². The Balaban J connectivity index is 2.04. The van der Waals surface area contributed by atoms with E-state index in [0.717, 1.165) is 5.56 Å². The number of rotatable bonds is 4. The van der Waals surface area contributed by atoms with Crippen LogP contribution in [-0.4, -0.2) is 18.8 Å². The summed E-state index contributed by atoms with van der Waals surface area (Å²) >= 11 is 0. The molecule has 0 saturated carbocycles. The maximum Gasteiger partial charge on any atom is 0.417 e. The number of benzene rings is 2. The highest BCUT2D eigenvalue weighted by molar-refractivity contribution is 5.90. The van der Waals surface area contributed by atoms with Gasteiger partial charge in [-0.25, -0.2) is 9.59 Å². The monoisotopic (exact) mass is 314 g/mol. The van der Waals surface area contributed by atoms with Crippen molar-refractivity contribution in [3.63, 3.8) is 0 Å². The lowest BCUT2D eigenvalue weighted by atomic mass is 10.2. The lowest BCUT2D eigenvalue weighted by Gasteiger charge is -2.12. The Morgan fingerprint density at radius 1 is 1.00 bits per heavy atom. The highest BCUT2D eigenvalue weighted by atomic mass is 16.6. The van der Waals surface area contributed by atoms with Gasteiger partial charge in [0.2, 0.25) is 0 Å². The Hall–Kier alpha value is -3.02. The van der Waals surface area contributed by atoms with Crippen molar-refractivity contribution < 1.29 is 19.1 Å². The Bertz CT molecular complexity index is 700. The van der Waals surface area contributed by atoms with Gasteiger partial charge >= 0.3 is 12.2 Å². The number of aryl methyl sites for hydroxylation is 1. The van der Waals surface area contributed by atoms with E-state index in [2.05, 4.69) is 10.6 Å². The molecule has 2 aromatic rings. The molecular formula is C17H18N2O4. The molecule has 0 aliphatic rings. The molecule has 0 saturated heterocycles. The third-order valence-corrected chi connectivity index (χ3v) is 2.87. The second-order valence-electron chi connectivity index (χ2n) is 4.73. The molecular weight excluding hydrogens is 296 g/mol. The summed E-state index contributed by atoms with van der Waals surface area (Å²) in [6.07, 6.45) is -1.25. The first-order valence-electron chi connectivity index (χ1n) is 7.17. The molecule has 0 bridgehead atoms. The topological polar surface area (TPSA) is 76.7 Å². The Labute approximate surface area is 134 Å². The molecule has 0 aliphatic heterocycles. The highest BCUT2D eigenvalue weighted by Crippen LogP contribution is 2.24. The van der Waals surface area contributed by atoms with E-state index in [-0.39, 0.29) is 12.4 Å². The minimum absolute atomic E-state index is 0.228. The van der Waals surface area contributed by atoms with Gasteiger partial charge in [0.1, 0.15) is 0 Å². The largest absolute Gasteiger partial charge is 0.450 e. The second kappa shape index (κ2) is 7.84. The summed E-state index contributed by atoms with van der Waals surface area (Å²) in [7, 11) is 0. The van der Waals surface area contributed by atoms with Crippen LogP contribution in [0.1, 0.15) is 12.5 Å². The molecule has 2 N–H and O–H groups in total. The molecule has 6 heteroatoms. The number of para-hydroxylation sites is 2. The van der Waals surface area contributed by atoms with E-state index in [1.54, 1.807) is 37.3 Å². The third-order valence-electron chi connectivity index (χ3n) is 2.87. The number of anilines is 2. The SMILES string of the molecule is CCOC(=O)Nc1ccccc1OC(=O)Nc1cccc(C)c1. The van der Waals surface area contributed by atoms with E-state index in [1.807, 2.05) is 25.1 Å². The van der Waals surface area contributed by atoms with Crippen LogP contribution in [0.2, 0.25) is 0 Å². The lowest BCUT2D eigenvalue weighted by Crippen LogP contribution is -2.19. The van der Waals surface area contributed by atoms with Gasteiger partial charge in [0, 0.05) is 5.69 Å². The van der Waals surface area contributed by atoms with E-state index in [4.69, 9.17) is 9.47 Å². The first-order chi connectivity index (χ1) is 11.1. The second-order valence-corrected chi connectivity index (χ2v) is 4.73. The first-order valence-corrected chi connectivity index (χ1v) is 7.17. The van der Waals surface area contributed by atoms with Crippen molar-refractivity contribution in [1.82, 2.24) is 0 Å². The number of carbonyl (C=O) groups is 2. The molecule has 0 aromatic heterocycles. The van der Waals surface area contributed by atoms with Crippen molar-refractivity contribution in [3.05, 3.63) is 54.1 Å². The third kappa shape index (κ3) is 5.03. The lowest BCUT2D eigenvalue weighted by molar-refractivity contribution is 0.167. The zero-order valence-electron chi connectivity index (χ0n) is 13.0. The van der Waals surface area contributed by atoms with Crippen LogP contribution in [0.5, 0.6) is 5.75 Å². The van der Waals surface area contributed by atoms with Gasteiger partial charge in [0.15, 0.2) is 5.75 Å². The average molecular weight is 314 g/mol.